The van der Waals surface area contributed by atoms with E-state index in [-0.39, 0.29) is 6.10 Å². The number of aliphatic hydroxyl groups excluding tert-OH is 1. The van der Waals surface area contributed by atoms with Gasteiger partial charge < -0.3 is 14.6 Å². The second-order valence-electron chi connectivity index (χ2n) is 5.97. The molecule has 2 aromatic carbocycles. The maximum atomic E-state index is 9.74. The van der Waals surface area contributed by atoms with E-state index < -0.39 is 0 Å². The van der Waals surface area contributed by atoms with E-state index in [1.807, 2.05) is 37.4 Å². The van der Waals surface area contributed by atoms with Crippen LogP contribution in [0.2, 0.25) is 0 Å². The number of aryl methyl sites for hydroxylation is 1. The third-order valence-electron chi connectivity index (χ3n) is 4.25. The Kier molecular flexibility index (Phi) is 6.40. The van der Waals surface area contributed by atoms with Crippen molar-refractivity contribution in [3.8, 4) is 16.7 Å². The molecule has 0 fully saturated rings. The van der Waals surface area contributed by atoms with Crippen molar-refractivity contribution >= 4 is 33.3 Å². The highest BCUT2D eigenvalue weighted by Crippen LogP contribution is 2.38. The number of methoxy groups -OCH3 is 1. The molecule has 0 aliphatic rings. The summed E-state index contributed by atoms with van der Waals surface area (Å²) in [7, 11) is 1.64. The Labute approximate surface area is 162 Å². The first-order valence-electron chi connectivity index (χ1n) is 8.61. The van der Waals surface area contributed by atoms with Crippen LogP contribution in [0.25, 0.3) is 10.2 Å². The quantitative estimate of drug-likeness (QED) is 0.514. The number of aliphatic hydroxyl groups is 1. The molecule has 0 saturated heterocycles. The molecule has 1 N–H and O–H groups in total. The van der Waals surface area contributed by atoms with E-state index >= 15 is 0 Å². The van der Waals surface area contributed by atoms with Crippen molar-refractivity contribution in [1.29, 1.82) is 0 Å². The molecule has 0 saturated carbocycles. The second-order valence-corrected chi connectivity index (χ2v) is 7.82. The Morgan fingerprint density at radius 3 is 2.81 bits per heavy atom. The van der Waals surface area contributed by atoms with Crippen LogP contribution in [0.15, 0.2) is 41.3 Å². The van der Waals surface area contributed by atoms with Gasteiger partial charge in [0.05, 0.1) is 23.4 Å². The van der Waals surface area contributed by atoms with Crippen LogP contribution in [-0.4, -0.2) is 29.6 Å². The van der Waals surface area contributed by atoms with Crippen molar-refractivity contribution in [3.05, 3.63) is 42.0 Å². The third kappa shape index (κ3) is 4.31. The molecule has 0 bridgehead atoms. The minimum atomic E-state index is -0.259. The summed E-state index contributed by atoms with van der Waals surface area (Å²) >= 11 is 3.21. The summed E-state index contributed by atoms with van der Waals surface area (Å²) in [5, 5.41) is 10.3. The van der Waals surface area contributed by atoms with Crippen LogP contribution >= 0.6 is 23.1 Å². The summed E-state index contributed by atoms with van der Waals surface area (Å²) < 4.78 is 12.6. The SMILES string of the molecule is CCC(O)CCc1ccc(Oc2nc3c(SC)cccc3s2)c(OC)c1. The molecule has 4 nitrogen and oxygen atoms in total. The Balaban J connectivity index is 1.81. The van der Waals surface area contributed by atoms with Crippen molar-refractivity contribution in [2.75, 3.05) is 13.4 Å². The molecule has 3 rings (SSSR count). The van der Waals surface area contributed by atoms with E-state index in [1.54, 1.807) is 18.9 Å². The van der Waals surface area contributed by atoms with Crippen molar-refractivity contribution < 1.29 is 14.6 Å². The molecule has 1 unspecified atom stereocenters. The lowest BCUT2D eigenvalue weighted by Gasteiger charge is -2.11. The van der Waals surface area contributed by atoms with Crippen molar-refractivity contribution in [1.82, 2.24) is 4.98 Å². The molecule has 1 heterocycles. The largest absolute Gasteiger partial charge is 0.493 e. The first kappa shape index (κ1) is 19.0. The number of hydrogen-bond donors (Lipinski definition) is 1. The second kappa shape index (κ2) is 8.75. The number of thioether (sulfide) groups is 1. The van der Waals surface area contributed by atoms with Gasteiger partial charge in [0.25, 0.3) is 5.19 Å². The average molecular weight is 390 g/mol. The van der Waals surface area contributed by atoms with Gasteiger partial charge in [-0.3, -0.25) is 0 Å². The molecule has 6 heteroatoms. The highest BCUT2D eigenvalue weighted by atomic mass is 32.2. The maximum Gasteiger partial charge on any atom is 0.280 e. The first-order chi connectivity index (χ1) is 12.6. The van der Waals surface area contributed by atoms with Gasteiger partial charge in [0.15, 0.2) is 11.5 Å². The zero-order valence-corrected chi connectivity index (χ0v) is 16.8. The number of para-hydroxylation sites is 1. The van der Waals surface area contributed by atoms with E-state index in [0.717, 1.165) is 39.9 Å². The lowest BCUT2D eigenvalue weighted by atomic mass is 10.1. The molecule has 26 heavy (non-hydrogen) atoms. The van der Waals surface area contributed by atoms with Crippen molar-refractivity contribution in [3.63, 3.8) is 0 Å². The van der Waals surface area contributed by atoms with Gasteiger partial charge in [-0.25, -0.2) is 4.98 Å². The van der Waals surface area contributed by atoms with Gasteiger partial charge in [0.1, 0.15) is 0 Å². The number of ether oxygens (including phenoxy) is 2. The van der Waals surface area contributed by atoms with Gasteiger partial charge in [-0.05, 0) is 55.3 Å². The average Bonchev–Trinajstić information content (AvgIpc) is 3.09. The fourth-order valence-corrected chi connectivity index (χ4v) is 4.18. The predicted octanol–water partition coefficient (Wildman–Crippen LogP) is 5.52. The topological polar surface area (TPSA) is 51.6 Å². The lowest BCUT2D eigenvalue weighted by molar-refractivity contribution is 0.160. The summed E-state index contributed by atoms with van der Waals surface area (Å²) in [5.41, 5.74) is 2.10. The number of fused-ring (bicyclic) bond motifs is 1. The van der Waals surface area contributed by atoms with Crippen LogP contribution < -0.4 is 9.47 Å². The summed E-state index contributed by atoms with van der Waals surface area (Å²) in [6, 6.07) is 12.1. The van der Waals surface area contributed by atoms with Crippen molar-refractivity contribution in [2.24, 2.45) is 0 Å². The molecule has 0 spiro atoms. The number of hydrogen-bond acceptors (Lipinski definition) is 6. The standard InChI is InChI=1S/C20H23NO3S2/c1-4-14(22)10-8-13-9-11-15(16(12-13)23-2)24-20-21-19-17(25-3)6-5-7-18(19)26-20/h5-7,9,11-12,14,22H,4,8,10H2,1-3H3. The molecular formula is C20H23NO3S2. The van der Waals surface area contributed by atoms with Gasteiger partial charge in [-0.15, -0.1) is 11.8 Å². The number of benzene rings is 2. The van der Waals surface area contributed by atoms with Gasteiger partial charge in [-0.1, -0.05) is 30.4 Å². The van der Waals surface area contributed by atoms with Crippen molar-refractivity contribution in [2.45, 2.75) is 37.2 Å². The Bertz CT molecular complexity index is 879. The van der Waals surface area contributed by atoms with Crippen LogP contribution in [0.1, 0.15) is 25.3 Å². The monoisotopic (exact) mass is 389 g/mol. The molecule has 1 atom stereocenters. The number of aromatic nitrogens is 1. The Hall–Kier alpha value is -1.76. The lowest BCUT2D eigenvalue weighted by Crippen LogP contribution is -2.05. The van der Waals surface area contributed by atoms with Gasteiger partial charge >= 0.3 is 0 Å². The Morgan fingerprint density at radius 1 is 1.23 bits per heavy atom. The van der Waals surface area contributed by atoms with Gasteiger partial charge in [0.2, 0.25) is 0 Å². The summed E-state index contributed by atoms with van der Waals surface area (Å²) in [4.78, 5) is 5.78. The fourth-order valence-electron chi connectivity index (χ4n) is 2.69. The van der Waals surface area contributed by atoms with Crippen LogP contribution in [0, 0.1) is 0 Å². The molecule has 0 amide bonds. The molecular weight excluding hydrogens is 366 g/mol. The molecule has 138 valence electrons. The van der Waals surface area contributed by atoms with E-state index in [1.165, 1.54) is 11.3 Å². The Morgan fingerprint density at radius 2 is 2.08 bits per heavy atom. The van der Waals surface area contributed by atoms with Crippen LogP contribution in [0.4, 0.5) is 0 Å². The minimum absolute atomic E-state index is 0.259. The maximum absolute atomic E-state index is 9.74. The number of rotatable bonds is 8. The summed E-state index contributed by atoms with van der Waals surface area (Å²) in [6.07, 6.45) is 4.11. The first-order valence-corrected chi connectivity index (χ1v) is 10.6. The molecule has 0 aliphatic carbocycles. The van der Waals surface area contributed by atoms with E-state index in [0.29, 0.717) is 16.7 Å². The minimum Gasteiger partial charge on any atom is -0.493 e. The molecule has 1 aromatic heterocycles. The van der Waals surface area contributed by atoms with Crippen LogP contribution in [0.3, 0.4) is 0 Å². The zero-order valence-electron chi connectivity index (χ0n) is 15.2. The zero-order chi connectivity index (χ0) is 18.5. The fraction of sp³-hybridized carbons (Fsp3) is 0.350. The number of nitrogens with zero attached hydrogens (tertiary/aromatic N) is 1. The van der Waals surface area contributed by atoms with E-state index in [2.05, 4.69) is 17.1 Å². The summed E-state index contributed by atoms with van der Waals surface area (Å²) in [6.45, 7) is 1.99. The van der Waals surface area contributed by atoms with Crippen LogP contribution in [-0.2, 0) is 6.42 Å². The normalized spacial score (nSPS) is 12.3. The highest BCUT2D eigenvalue weighted by molar-refractivity contribution is 7.98. The third-order valence-corrected chi connectivity index (χ3v) is 5.91. The number of thiazole rings is 1. The van der Waals surface area contributed by atoms with E-state index in [4.69, 9.17) is 9.47 Å². The molecule has 0 radical (unpaired) electrons. The van der Waals surface area contributed by atoms with Gasteiger partial charge in [0, 0.05) is 4.90 Å². The van der Waals surface area contributed by atoms with E-state index in [9.17, 15) is 5.11 Å². The predicted molar refractivity (Wildman–Crippen MR) is 109 cm³/mol. The molecule has 3 aromatic rings. The highest BCUT2D eigenvalue weighted by Gasteiger charge is 2.13. The molecule has 0 aliphatic heterocycles. The van der Waals surface area contributed by atoms with Gasteiger partial charge in [-0.2, -0.15) is 0 Å². The smallest absolute Gasteiger partial charge is 0.280 e. The summed E-state index contributed by atoms with van der Waals surface area (Å²) in [5.74, 6) is 1.33. The van der Waals surface area contributed by atoms with Crippen LogP contribution in [0.5, 0.6) is 16.7 Å².